The molecule has 0 spiro atoms. The lowest BCUT2D eigenvalue weighted by Crippen LogP contribution is -2.73. The fraction of sp³-hybridized carbons (Fsp3) is 1.00. The highest BCUT2D eigenvalue weighted by molar-refractivity contribution is 4.96. The van der Waals surface area contributed by atoms with Gasteiger partial charge in [0.1, 0.15) is 6.61 Å². The van der Waals surface area contributed by atoms with E-state index in [4.69, 9.17) is 0 Å². The van der Waals surface area contributed by atoms with E-state index in [1.54, 1.807) is 0 Å². The molecule has 1 rings (SSSR count). The van der Waals surface area contributed by atoms with E-state index in [-0.39, 0.29) is 6.67 Å². The third-order valence-corrected chi connectivity index (χ3v) is 2.28. The summed E-state index contributed by atoms with van der Waals surface area (Å²) < 4.78 is 158. The topological polar surface area (TPSA) is 27.7 Å². The van der Waals surface area contributed by atoms with Gasteiger partial charge in [-0.05, 0) is 6.92 Å². The van der Waals surface area contributed by atoms with Crippen LogP contribution in [0.5, 0.6) is 0 Å². The first-order valence-corrected chi connectivity index (χ1v) is 5.97. The van der Waals surface area contributed by atoms with Gasteiger partial charge in [0.2, 0.25) is 0 Å². The van der Waals surface area contributed by atoms with Crippen molar-refractivity contribution in [1.82, 2.24) is 0 Å². The maximum atomic E-state index is 13.7. The second kappa shape index (κ2) is 6.98. The number of hydrogen-bond donors (Lipinski definition) is 0. The Morgan fingerprint density at radius 3 is 1.60 bits per heavy atom. The number of hydrogen-bond acceptors (Lipinski definition) is 3. The van der Waals surface area contributed by atoms with Crippen molar-refractivity contribution in [3.8, 4) is 0 Å². The first-order valence-electron chi connectivity index (χ1n) is 5.97. The Hall–Kier alpha value is -0.960. The maximum absolute atomic E-state index is 13.7. The van der Waals surface area contributed by atoms with Gasteiger partial charge in [0.05, 0.1) is 6.67 Å². The Kier molecular flexibility index (Phi) is 6.71. The summed E-state index contributed by atoms with van der Waals surface area (Å²) in [4.78, 5) is 0. The van der Waals surface area contributed by atoms with Crippen molar-refractivity contribution in [3.05, 3.63) is 0 Å². The molecule has 0 saturated carbocycles. The van der Waals surface area contributed by atoms with Crippen LogP contribution >= 0.6 is 0 Å². The van der Waals surface area contributed by atoms with Crippen LogP contribution in [0, 0.1) is 0 Å². The van der Waals surface area contributed by atoms with Gasteiger partial charge >= 0.3 is 36.2 Å². The minimum Gasteiger partial charge on any atom is -0.309 e. The van der Waals surface area contributed by atoms with Crippen LogP contribution in [-0.2, 0) is 14.2 Å². The highest BCUT2D eigenvalue weighted by atomic mass is 19.4. The van der Waals surface area contributed by atoms with Crippen molar-refractivity contribution in [2.75, 3.05) is 13.3 Å². The van der Waals surface area contributed by atoms with Crippen LogP contribution in [0.1, 0.15) is 13.8 Å². The van der Waals surface area contributed by atoms with Crippen molar-refractivity contribution in [1.29, 1.82) is 0 Å². The monoisotopic (exact) mass is 406 g/mol. The Morgan fingerprint density at radius 1 is 0.880 bits per heavy atom. The molecule has 3 unspecified atom stereocenters. The van der Waals surface area contributed by atoms with Gasteiger partial charge in [0.25, 0.3) is 0 Å². The fourth-order valence-electron chi connectivity index (χ4n) is 1.22. The molecule has 152 valence electrons. The third-order valence-electron chi connectivity index (χ3n) is 2.28. The molecule has 0 aliphatic carbocycles. The number of ether oxygens (including phenoxy) is 3. The van der Waals surface area contributed by atoms with Crippen LogP contribution in [0.25, 0.3) is 0 Å². The number of alkyl halides is 12. The molecular formula is C10H10F12O3. The molecule has 1 saturated heterocycles. The second-order valence-corrected chi connectivity index (χ2v) is 4.44. The summed E-state index contributed by atoms with van der Waals surface area (Å²) in [5, 5.41) is 0. The molecule has 0 aromatic carbocycles. The van der Waals surface area contributed by atoms with Gasteiger partial charge in [-0.25, -0.2) is 4.39 Å². The lowest BCUT2D eigenvalue weighted by Gasteiger charge is -2.48. The van der Waals surface area contributed by atoms with Crippen molar-refractivity contribution >= 4 is 0 Å². The van der Waals surface area contributed by atoms with Crippen LogP contribution in [0.3, 0.4) is 0 Å². The standard InChI is InChI=1S/C8H5F11O3.C2H5F/c1-3(9)7(17,18)22-5(13,6(14,15)16)8(19,21-3)20-2-4(10,11)12;1-2-3/h2H2,1H3;2H2,1H3. The highest BCUT2D eigenvalue weighted by Gasteiger charge is 2.84. The van der Waals surface area contributed by atoms with E-state index in [1.165, 1.54) is 6.92 Å². The van der Waals surface area contributed by atoms with E-state index in [0.717, 1.165) is 0 Å². The van der Waals surface area contributed by atoms with Crippen molar-refractivity contribution in [2.24, 2.45) is 0 Å². The number of halogens is 12. The molecule has 0 N–H and O–H groups in total. The van der Waals surface area contributed by atoms with Gasteiger partial charge in [-0.2, -0.15) is 43.9 Å². The Balaban J connectivity index is 0.00000178. The average molecular weight is 406 g/mol. The van der Waals surface area contributed by atoms with Crippen LogP contribution in [-0.4, -0.2) is 49.5 Å². The Labute approximate surface area is 131 Å². The molecule has 3 atom stereocenters. The zero-order valence-electron chi connectivity index (χ0n) is 12.2. The van der Waals surface area contributed by atoms with Crippen molar-refractivity contribution in [3.63, 3.8) is 0 Å². The lowest BCUT2D eigenvalue weighted by molar-refractivity contribution is -0.611. The minimum absolute atomic E-state index is 0.250. The fourth-order valence-corrected chi connectivity index (χ4v) is 1.22. The van der Waals surface area contributed by atoms with Gasteiger partial charge in [-0.15, -0.1) is 0 Å². The molecule has 3 nitrogen and oxygen atoms in total. The smallest absolute Gasteiger partial charge is 0.309 e. The van der Waals surface area contributed by atoms with E-state index in [2.05, 4.69) is 14.2 Å². The van der Waals surface area contributed by atoms with E-state index >= 15 is 0 Å². The quantitative estimate of drug-likeness (QED) is 0.622. The third kappa shape index (κ3) is 5.03. The summed E-state index contributed by atoms with van der Waals surface area (Å²) in [5.41, 5.74) is 0. The second-order valence-electron chi connectivity index (χ2n) is 4.44. The Bertz CT molecular complexity index is 447. The van der Waals surface area contributed by atoms with Gasteiger partial charge in [0, 0.05) is 6.92 Å². The van der Waals surface area contributed by atoms with Crippen LogP contribution < -0.4 is 0 Å². The molecule has 0 amide bonds. The van der Waals surface area contributed by atoms with E-state index < -0.39 is 49.7 Å². The van der Waals surface area contributed by atoms with Crippen LogP contribution in [0.4, 0.5) is 52.7 Å². The van der Waals surface area contributed by atoms with E-state index in [9.17, 15) is 52.7 Å². The predicted octanol–water partition coefficient (Wildman–Crippen LogP) is 4.72. The lowest BCUT2D eigenvalue weighted by atomic mass is 10.2. The molecule has 0 bridgehead atoms. The normalized spacial score (nSPS) is 35.8. The largest absolute Gasteiger partial charge is 0.457 e. The molecule has 0 aromatic rings. The molecule has 1 fully saturated rings. The van der Waals surface area contributed by atoms with Crippen molar-refractivity contribution < 1.29 is 66.9 Å². The molecular weight excluding hydrogens is 396 g/mol. The van der Waals surface area contributed by atoms with Gasteiger partial charge in [0.15, 0.2) is 0 Å². The Morgan fingerprint density at radius 2 is 1.28 bits per heavy atom. The maximum Gasteiger partial charge on any atom is 0.457 e. The summed E-state index contributed by atoms with van der Waals surface area (Å²) in [6.07, 6.45) is -17.9. The van der Waals surface area contributed by atoms with Crippen LogP contribution in [0.15, 0.2) is 0 Å². The molecule has 0 radical (unpaired) electrons. The zero-order valence-corrected chi connectivity index (χ0v) is 12.2. The number of rotatable bonds is 2. The van der Waals surface area contributed by atoms with E-state index in [1.807, 2.05) is 0 Å². The van der Waals surface area contributed by atoms with Gasteiger partial charge in [-0.1, -0.05) is 0 Å². The van der Waals surface area contributed by atoms with Crippen molar-refractivity contribution in [2.45, 2.75) is 50.1 Å². The van der Waals surface area contributed by atoms with Gasteiger partial charge in [-0.3, -0.25) is 13.9 Å². The average Bonchev–Trinajstić information content (AvgIpc) is 2.32. The SMILES string of the molecule is CC1(F)OC(F)(OCC(F)(F)F)C(F)(C(F)(F)F)OC1(F)F.CCF. The molecule has 0 aromatic heterocycles. The molecule has 15 heteroatoms. The molecule has 1 heterocycles. The summed E-state index contributed by atoms with van der Waals surface area (Å²) in [7, 11) is 0. The van der Waals surface area contributed by atoms with E-state index in [0.29, 0.717) is 0 Å². The zero-order chi connectivity index (χ0) is 20.5. The summed E-state index contributed by atoms with van der Waals surface area (Å²) in [5.74, 6) is -11.0. The summed E-state index contributed by atoms with van der Waals surface area (Å²) in [6, 6.07) is -5.67. The highest BCUT2D eigenvalue weighted by Crippen LogP contribution is 2.57. The van der Waals surface area contributed by atoms with Crippen LogP contribution in [0.2, 0.25) is 0 Å². The summed E-state index contributed by atoms with van der Waals surface area (Å²) in [6.45, 7) is -2.09. The molecule has 1 aliphatic heterocycles. The van der Waals surface area contributed by atoms with Gasteiger partial charge < -0.3 is 4.74 Å². The molecule has 1 aliphatic rings. The molecule has 25 heavy (non-hydrogen) atoms. The predicted molar refractivity (Wildman–Crippen MR) is 54.0 cm³/mol. The summed E-state index contributed by atoms with van der Waals surface area (Å²) >= 11 is 0. The first-order chi connectivity index (χ1) is 10.8. The minimum atomic E-state index is -6.69. The first kappa shape index (κ1) is 24.0.